The highest BCUT2D eigenvalue weighted by Gasteiger charge is 2.30. The van der Waals surface area contributed by atoms with Crippen LogP contribution in [0.5, 0.6) is 0 Å². The number of aliphatic carboxylic acids is 1. The van der Waals surface area contributed by atoms with Gasteiger partial charge < -0.3 is 10.2 Å². The van der Waals surface area contributed by atoms with Crippen LogP contribution in [0.2, 0.25) is 0 Å². The van der Waals surface area contributed by atoms with Gasteiger partial charge in [-0.15, -0.1) is 0 Å². The van der Waals surface area contributed by atoms with Gasteiger partial charge in [-0.3, -0.25) is 0 Å². The summed E-state index contributed by atoms with van der Waals surface area (Å²) >= 11 is 0. The Bertz CT molecular complexity index is 435. The summed E-state index contributed by atoms with van der Waals surface area (Å²) in [5.74, 6) is -2.61. The van der Waals surface area contributed by atoms with Crippen LogP contribution in [-0.4, -0.2) is 16.2 Å². The molecule has 0 aliphatic rings. The van der Waals surface area contributed by atoms with Crippen molar-refractivity contribution in [2.45, 2.75) is 6.18 Å². The normalized spacial score (nSPS) is 12.6. The third-order valence-corrected chi connectivity index (χ3v) is 1.74. The highest BCUT2D eigenvalue weighted by molar-refractivity contribution is 5.89. The molecule has 0 aromatic heterocycles. The van der Waals surface area contributed by atoms with Gasteiger partial charge in [0.15, 0.2) is 0 Å². The summed E-state index contributed by atoms with van der Waals surface area (Å²) in [6.07, 6.45) is -3.75. The van der Waals surface area contributed by atoms with Crippen molar-refractivity contribution in [2.24, 2.45) is 0 Å². The molecule has 6 heteroatoms. The predicted octanol–water partition coefficient (Wildman–Crippen LogP) is 2.69. The van der Waals surface area contributed by atoms with Gasteiger partial charge in [0.25, 0.3) is 0 Å². The lowest BCUT2D eigenvalue weighted by molar-refractivity contribution is -0.137. The fraction of sp³-hybridized carbons (Fsp3) is 0.100. The molecule has 1 rings (SSSR count). The van der Waals surface area contributed by atoms with E-state index in [9.17, 15) is 18.0 Å². The van der Waals surface area contributed by atoms with Crippen molar-refractivity contribution in [3.05, 3.63) is 41.2 Å². The molecule has 0 radical (unpaired) electrons. The first-order chi connectivity index (χ1) is 7.30. The summed E-state index contributed by atoms with van der Waals surface area (Å²) in [5, 5.41) is 17.2. The third-order valence-electron chi connectivity index (χ3n) is 1.74. The van der Waals surface area contributed by atoms with Crippen LogP contribution in [0.3, 0.4) is 0 Å². The van der Waals surface area contributed by atoms with Crippen LogP contribution in [0.1, 0.15) is 11.1 Å². The van der Waals surface area contributed by atoms with E-state index in [-0.39, 0.29) is 5.56 Å². The summed E-state index contributed by atoms with van der Waals surface area (Å²) in [6, 6.07) is 3.99. The molecular formula is C10H7F3O3. The second-order valence-corrected chi connectivity index (χ2v) is 2.96. The van der Waals surface area contributed by atoms with Gasteiger partial charge in [0.2, 0.25) is 5.76 Å². The van der Waals surface area contributed by atoms with Crippen LogP contribution in [0.4, 0.5) is 13.2 Å². The molecule has 2 N–H and O–H groups in total. The maximum Gasteiger partial charge on any atom is 0.416 e. The zero-order valence-electron chi connectivity index (χ0n) is 7.82. The van der Waals surface area contributed by atoms with Crippen LogP contribution in [0.25, 0.3) is 6.08 Å². The van der Waals surface area contributed by atoms with E-state index in [0.29, 0.717) is 0 Å². The Labute approximate surface area is 88.4 Å². The second kappa shape index (κ2) is 4.26. The van der Waals surface area contributed by atoms with Crippen LogP contribution in [-0.2, 0) is 11.0 Å². The number of halogens is 3. The molecule has 16 heavy (non-hydrogen) atoms. The molecule has 0 saturated heterocycles. The van der Waals surface area contributed by atoms with Crippen molar-refractivity contribution in [3.63, 3.8) is 0 Å². The van der Waals surface area contributed by atoms with E-state index in [4.69, 9.17) is 10.2 Å². The van der Waals surface area contributed by atoms with E-state index in [0.717, 1.165) is 24.3 Å². The summed E-state index contributed by atoms with van der Waals surface area (Å²) in [5.41, 5.74) is -0.936. The number of benzene rings is 1. The maximum atomic E-state index is 12.3. The number of carbonyl (C=O) groups is 1. The van der Waals surface area contributed by atoms with Crippen molar-refractivity contribution in [2.75, 3.05) is 0 Å². The number of rotatable bonds is 2. The van der Waals surface area contributed by atoms with E-state index in [1.807, 2.05) is 0 Å². The molecule has 0 atom stereocenters. The van der Waals surface area contributed by atoms with E-state index in [2.05, 4.69) is 0 Å². The Morgan fingerprint density at radius 3 is 2.38 bits per heavy atom. The van der Waals surface area contributed by atoms with Crippen molar-refractivity contribution in [1.29, 1.82) is 0 Å². The number of hydrogen-bond acceptors (Lipinski definition) is 2. The zero-order chi connectivity index (χ0) is 12.3. The smallest absolute Gasteiger partial charge is 0.416 e. The average molecular weight is 232 g/mol. The lowest BCUT2D eigenvalue weighted by Gasteiger charge is -2.06. The van der Waals surface area contributed by atoms with E-state index < -0.39 is 23.5 Å². The lowest BCUT2D eigenvalue weighted by atomic mass is 10.1. The molecule has 86 valence electrons. The topological polar surface area (TPSA) is 57.5 Å². The summed E-state index contributed by atoms with van der Waals surface area (Å²) < 4.78 is 36.8. The van der Waals surface area contributed by atoms with Gasteiger partial charge in [0.1, 0.15) is 0 Å². The largest absolute Gasteiger partial charge is 0.502 e. The summed E-state index contributed by atoms with van der Waals surface area (Å²) in [4.78, 5) is 10.2. The Morgan fingerprint density at radius 2 is 1.88 bits per heavy atom. The molecular weight excluding hydrogens is 225 g/mol. The minimum Gasteiger partial charge on any atom is -0.502 e. The van der Waals surface area contributed by atoms with Crippen molar-refractivity contribution in [3.8, 4) is 0 Å². The SMILES string of the molecule is O=C(O)C(O)=Cc1cccc(C(F)(F)F)c1. The van der Waals surface area contributed by atoms with Crippen LogP contribution in [0, 0.1) is 0 Å². The fourth-order valence-electron chi connectivity index (χ4n) is 1.02. The highest BCUT2D eigenvalue weighted by atomic mass is 19.4. The van der Waals surface area contributed by atoms with E-state index in [1.165, 1.54) is 6.07 Å². The average Bonchev–Trinajstić information content (AvgIpc) is 2.16. The number of carboxylic acids is 1. The van der Waals surface area contributed by atoms with Gasteiger partial charge >= 0.3 is 12.1 Å². The maximum absolute atomic E-state index is 12.3. The molecule has 0 aliphatic heterocycles. The van der Waals surface area contributed by atoms with Crippen LogP contribution in [0.15, 0.2) is 30.0 Å². The van der Waals surface area contributed by atoms with Crippen LogP contribution >= 0.6 is 0 Å². The van der Waals surface area contributed by atoms with Crippen molar-refractivity contribution < 1.29 is 28.2 Å². The van der Waals surface area contributed by atoms with Crippen molar-refractivity contribution >= 4 is 12.0 Å². The van der Waals surface area contributed by atoms with Gasteiger partial charge in [-0.2, -0.15) is 13.2 Å². The molecule has 3 nitrogen and oxygen atoms in total. The molecule has 0 bridgehead atoms. The number of carboxylic acid groups (broad SMARTS) is 1. The van der Waals surface area contributed by atoms with Gasteiger partial charge in [-0.25, -0.2) is 4.79 Å². The first-order valence-electron chi connectivity index (χ1n) is 4.12. The molecule has 1 aromatic rings. The Balaban J connectivity index is 3.09. The first-order valence-corrected chi connectivity index (χ1v) is 4.12. The second-order valence-electron chi connectivity index (χ2n) is 2.96. The molecule has 0 spiro atoms. The van der Waals surface area contributed by atoms with E-state index in [1.54, 1.807) is 0 Å². The molecule has 0 aliphatic carbocycles. The number of aliphatic hydroxyl groups excluding tert-OH is 1. The quantitative estimate of drug-likeness (QED) is 0.608. The highest BCUT2D eigenvalue weighted by Crippen LogP contribution is 2.29. The van der Waals surface area contributed by atoms with Gasteiger partial charge in [0, 0.05) is 0 Å². The van der Waals surface area contributed by atoms with Gasteiger partial charge in [-0.1, -0.05) is 12.1 Å². The molecule has 1 aromatic carbocycles. The minimum atomic E-state index is -4.50. The molecule has 0 heterocycles. The first kappa shape index (κ1) is 12.1. The van der Waals surface area contributed by atoms with Gasteiger partial charge in [-0.05, 0) is 23.8 Å². The molecule has 0 unspecified atom stereocenters. The number of hydrogen-bond donors (Lipinski definition) is 2. The third kappa shape index (κ3) is 3.01. The zero-order valence-corrected chi connectivity index (χ0v) is 7.82. The molecule has 0 fully saturated rings. The van der Waals surface area contributed by atoms with Crippen LogP contribution < -0.4 is 0 Å². The minimum absolute atomic E-state index is 0.0327. The Hall–Kier alpha value is -1.98. The lowest BCUT2D eigenvalue weighted by Crippen LogP contribution is -2.05. The predicted molar refractivity (Wildman–Crippen MR) is 49.7 cm³/mol. The molecule has 0 amide bonds. The number of aliphatic hydroxyl groups is 1. The monoisotopic (exact) mass is 232 g/mol. The number of alkyl halides is 3. The Kier molecular flexibility index (Phi) is 3.22. The summed E-state index contributed by atoms with van der Waals surface area (Å²) in [7, 11) is 0. The summed E-state index contributed by atoms with van der Waals surface area (Å²) in [6.45, 7) is 0. The molecule has 0 saturated carbocycles. The van der Waals surface area contributed by atoms with Gasteiger partial charge in [0.05, 0.1) is 5.56 Å². The standard InChI is InChI=1S/C10H7F3O3/c11-10(12,13)7-3-1-2-6(4-7)5-8(14)9(15)16/h1-5,14H,(H,15,16). The van der Waals surface area contributed by atoms with E-state index >= 15 is 0 Å². The Morgan fingerprint density at radius 1 is 1.25 bits per heavy atom. The van der Waals surface area contributed by atoms with Crippen molar-refractivity contribution in [1.82, 2.24) is 0 Å². The fourth-order valence-corrected chi connectivity index (χ4v) is 1.02.